The van der Waals surface area contributed by atoms with Crippen molar-refractivity contribution in [2.24, 2.45) is 0 Å². The van der Waals surface area contributed by atoms with Crippen LogP contribution in [0.2, 0.25) is 0 Å². The number of hydrogen-bond donors (Lipinski definition) is 1. The van der Waals surface area contributed by atoms with E-state index in [-0.39, 0.29) is 0 Å². The normalized spacial score (nSPS) is 22.3. The molecule has 4 heteroatoms. The van der Waals surface area contributed by atoms with E-state index in [0.29, 0.717) is 5.54 Å². The molecule has 1 N–H and O–H groups in total. The molecular formula is C17H25BrN2O. The fourth-order valence-electron chi connectivity index (χ4n) is 3.65. The molecule has 0 amide bonds. The topological polar surface area (TPSA) is 24.5 Å². The van der Waals surface area contributed by atoms with Crippen molar-refractivity contribution < 1.29 is 4.74 Å². The zero-order valence-electron chi connectivity index (χ0n) is 12.6. The summed E-state index contributed by atoms with van der Waals surface area (Å²) in [5, 5.41) is 3.81. The fraction of sp³-hybridized carbons (Fsp3) is 0.647. The van der Waals surface area contributed by atoms with Crippen molar-refractivity contribution in [3.8, 4) is 5.75 Å². The average molecular weight is 353 g/mol. The van der Waals surface area contributed by atoms with Gasteiger partial charge in [0.1, 0.15) is 12.4 Å². The van der Waals surface area contributed by atoms with E-state index in [1.165, 1.54) is 51.7 Å². The fourth-order valence-corrected chi connectivity index (χ4v) is 4.02. The summed E-state index contributed by atoms with van der Waals surface area (Å²) in [4.78, 5) is 2.59. The minimum Gasteiger partial charge on any atom is -0.492 e. The highest BCUT2D eigenvalue weighted by molar-refractivity contribution is 9.10. The van der Waals surface area contributed by atoms with Crippen molar-refractivity contribution in [2.75, 3.05) is 32.8 Å². The number of nitrogens with zero attached hydrogens (tertiary/aromatic N) is 1. The predicted molar refractivity (Wildman–Crippen MR) is 89.9 cm³/mol. The first-order chi connectivity index (χ1) is 10.3. The van der Waals surface area contributed by atoms with E-state index in [0.717, 1.165) is 23.4 Å². The Balaban J connectivity index is 1.50. The van der Waals surface area contributed by atoms with Crippen LogP contribution >= 0.6 is 15.9 Å². The molecule has 1 aromatic rings. The minimum atomic E-state index is 0.395. The summed E-state index contributed by atoms with van der Waals surface area (Å²) in [7, 11) is 0. The molecule has 0 unspecified atom stereocenters. The van der Waals surface area contributed by atoms with E-state index in [9.17, 15) is 0 Å². The van der Waals surface area contributed by atoms with Crippen LogP contribution in [0.4, 0.5) is 0 Å². The van der Waals surface area contributed by atoms with Crippen molar-refractivity contribution in [3.63, 3.8) is 0 Å². The van der Waals surface area contributed by atoms with Crippen molar-refractivity contribution in [1.82, 2.24) is 10.2 Å². The SMILES string of the molecule is Brc1cccc(OCCN2CCCNC3(CCCC3)C2)c1. The Morgan fingerprint density at radius 2 is 2.10 bits per heavy atom. The zero-order valence-corrected chi connectivity index (χ0v) is 14.2. The Bertz CT molecular complexity index is 460. The number of benzene rings is 1. The summed E-state index contributed by atoms with van der Waals surface area (Å²) in [6.07, 6.45) is 6.70. The third-order valence-electron chi connectivity index (χ3n) is 4.71. The molecule has 2 aliphatic rings. The zero-order chi connectivity index (χ0) is 14.5. The lowest BCUT2D eigenvalue weighted by Gasteiger charge is -2.33. The van der Waals surface area contributed by atoms with Crippen LogP contribution in [0.1, 0.15) is 32.1 Å². The van der Waals surface area contributed by atoms with Gasteiger partial charge in [0, 0.05) is 23.1 Å². The highest BCUT2D eigenvalue weighted by atomic mass is 79.9. The smallest absolute Gasteiger partial charge is 0.120 e. The van der Waals surface area contributed by atoms with Gasteiger partial charge in [-0.25, -0.2) is 0 Å². The van der Waals surface area contributed by atoms with Crippen LogP contribution < -0.4 is 10.1 Å². The Hall–Kier alpha value is -0.580. The van der Waals surface area contributed by atoms with Crippen molar-refractivity contribution in [2.45, 2.75) is 37.6 Å². The van der Waals surface area contributed by atoms with Crippen molar-refractivity contribution >= 4 is 15.9 Å². The highest BCUT2D eigenvalue weighted by Gasteiger charge is 2.36. The molecule has 116 valence electrons. The van der Waals surface area contributed by atoms with Crippen LogP contribution in [0, 0.1) is 0 Å². The molecule has 1 aliphatic carbocycles. The molecule has 3 nitrogen and oxygen atoms in total. The number of rotatable bonds is 4. The maximum absolute atomic E-state index is 5.89. The van der Waals surface area contributed by atoms with Crippen LogP contribution in [-0.2, 0) is 0 Å². The van der Waals surface area contributed by atoms with E-state index in [4.69, 9.17) is 4.74 Å². The van der Waals surface area contributed by atoms with Gasteiger partial charge >= 0.3 is 0 Å². The number of hydrogen-bond acceptors (Lipinski definition) is 3. The van der Waals surface area contributed by atoms with Gasteiger partial charge in [-0.05, 0) is 50.6 Å². The molecule has 1 saturated carbocycles. The largest absolute Gasteiger partial charge is 0.492 e. The molecule has 1 heterocycles. The van der Waals surface area contributed by atoms with Gasteiger partial charge in [-0.3, -0.25) is 4.90 Å². The molecule has 2 fully saturated rings. The van der Waals surface area contributed by atoms with Crippen LogP contribution in [-0.4, -0.2) is 43.2 Å². The molecule has 1 aliphatic heterocycles. The van der Waals surface area contributed by atoms with E-state index < -0.39 is 0 Å². The molecule has 0 radical (unpaired) electrons. The number of nitrogens with one attached hydrogen (secondary N) is 1. The first kappa shape index (κ1) is 15.3. The van der Waals surface area contributed by atoms with Crippen LogP contribution in [0.25, 0.3) is 0 Å². The molecule has 0 atom stereocenters. The maximum Gasteiger partial charge on any atom is 0.120 e. The molecule has 21 heavy (non-hydrogen) atoms. The maximum atomic E-state index is 5.89. The quantitative estimate of drug-likeness (QED) is 0.898. The minimum absolute atomic E-state index is 0.395. The molecule has 0 bridgehead atoms. The Kier molecular flexibility index (Phi) is 5.19. The number of halogens is 1. The Labute approximate surface area is 136 Å². The lowest BCUT2D eigenvalue weighted by molar-refractivity contribution is 0.175. The van der Waals surface area contributed by atoms with Gasteiger partial charge in [0.05, 0.1) is 0 Å². The van der Waals surface area contributed by atoms with Crippen LogP contribution in [0.15, 0.2) is 28.7 Å². The number of ether oxygens (including phenoxy) is 1. The van der Waals surface area contributed by atoms with Crippen molar-refractivity contribution in [3.05, 3.63) is 28.7 Å². The molecule has 3 rings (SSSR count). The highest BCUT2D eigenvalue weighted by Crippen LogP contribution is 2.31. The third kappa shape index (κ3) is 4.21. The summed E-state index contributed by atoms with van der Waals surface area (Å²) in [6, 6.07) is 8.09. The average Bonchev–Trinajstić information content (AvgIpc) is 2.82. The third-order valence-corrected chi connectivity index (χ3v) is 5.20. The predicted octanol–water partition coefficient (Wildman–Crippen LogP) is 3.44. The van der Waals surface area contributed by atoms with E-state index in [1.54, 1.807) is 0 Å². The molecular weight excluding hydrogens is 328 g/mol. The first-order valence-electron chi connectivity index (χ1n) is 8.12. The monoisotopic (exact) mass is 352 g/mol. The summed E-state index contributed by atoms with van der Waals surface area (Å²) in [5.41, 5.74) is 0.395. The lowest BCUT2D eigenvalue weighted by Crippen LogP contribution is -2.49. The van der Waals surface area contributed by atoms with Crippen LogP contribution in [0.3, 0.4) is 0 Å². The Morgan fingerprint density at radius 1 is 1.24 bits per heavy atom. The standard InChI is InChI=1S/C17H25BrN2O/c18-15-5-3-6-16(13-15)21-12-11-20-10-4-9-19-17(14-20)7-1-2-8-17/h3,5-6,13,19H,1-2,4,7-12,14H2. The van der Waals surface area contributed by atoms with Crippen LogP contribution in [0.5, 0.6) is 5.75 Å². The van der Waals surface area contributed by atoms with E-state index in [2.05, 4.69) is 26.1 Å². The van der Waals surface area contributed by atoms with Gasteiger partial charge < -0.3 is 10.1 Å². The summed E-state index contributed by atoms with van der Waals surface area (Å²) < 4.78 is 6.96. The summed E-state index contributed by atoms with van der Waals surface area (Å²) in [5.74, 6) is 0.952. The van der Waals surface area contributed by atoms with Gasteiger partial charge in [0.15, 0.2) is 0 Å². The first-order valence-corrected chi connectivity index (χ1v) is 8.91. The van der Waals surface area contributed by atoms with E-state index >= 15 is 0 Å². The second kappa shape index (κ2) is 7.12. The lowest BCUT2D eigenvalue weighted by atomic mass is 9.97. The summed E-state index contributed by atoms with van der Waals surface area (Å²) in [6.45, 7) is 5.34. The second-order valence-corrected chi connectivity index (χ2v) is 7.27. The van der Waals surface area contributed by atoms with Gasteiger partial charge in [-0.15, -0.1) is 0 Å². The Morgan fingerprint density at radius 3 is 2.90 bits per heavy atom. The van der Waals surface area contributed by atoms with Gasteiger partial charge in [0.2, 0.25) is 0 Å². The molecule has 0 aromatic heterocycles. The van der Waals surface area contributed by atoms with Crippen molar-refractivity contribution in [1.29, 1.82) is 0 Å². The molecule has 1 aromatic carbocycles. The van der Waals surface area contributed by atoms with Gasteiger partial charge in [0.25, 0.3) is 0 Å². The molecule has 1 spiro atoms. The molecule has 1 saturated heterocycles. The van der Waals surface area contributed by atoms with Gasteiger partial charge in [-0.1, -0.05) is 34.8 Å². The van der Waals surface area contributed by atoms with Gasteiger partial charge in [-0.2, -0.15) is 0 Å². The van der Waals surface area contributed by atoms with E-state index in [1.807, 2.05) is 24.3 Å². The summed E-state index contributed by atoms with van der Waals surface area (Å²) >= 11 is 3.48. The second-order valence-electron chi connectivity index (χ2n) is 6.35.